The van der Waals surface area contributed by atoms with Gasteiger partial charge in [0.25, 0.3) is 5.69 Å². The van der Waals surface area contributed by atoms with Crippen molar-refractivity contribution in [2.75, 3.05) is 11.1 Å². The summed E-state index contributed by atoms with van der Waals surface area (Å²) in [5.41, 5.74) is 7.99. The lowest BCUT2D eigenvalue weighted by Gasteiger charge is -2.09. The number of nitro groups is 1. The van der Waals surface area contributed by atoms with Gasteiger partial charge in [0.2, 0.25) is 0 Å². The van der Waals surface area contributed by atoms with Crippen LogP contribution in [0.15, 0.2) is 36.5 Å². The second-order valence-corrected chi connectivity index (χ2v) is 4.19. The first-order valence-electron chi connectivity index (χ1n) is 5.76. The first-order chi connectivity index (χ1) is 9.08. The van der Waals surface area contributed by atoms with Crippen LogP contribution < -0.4 is 11.1 Å². The van der Waals surface area contributed by atoms with Gasteiger partial charge < -0.3 is 11.1 Å². The Bertz CT molecular complexity index is 613. The van der Waals surface area contributed by atoms with Crippen molar-refractivity contribution >= 4 is 17.2 Å². The zero-order valence-electron chi connectivity index (χ0n) is 10.5. The van der Waals surface area contributed by atoms with E-state index in [0.717, 1.165) is 5.56 Å². The standard InChI is InChI=1S/C13H14N4O2/c1-9-6-11(14)13(15-7-9)16-8-10-4-2-3-5-12(10)17(18)19/h2-7H,8,14H2,1H3,(H,15,16). The number of rotatable bonds is 4. The molecule has 0 bridgehead atoms. The Labute approximate surface area is 110 Å². The van der Waals surface area contributed by atoms with Gasteiger partial charge in [0, 0.05) is 24.4 Å². The van der Waals surface area contributed by atoms with E-state index in [1.807, 2.05) is 6.92 Å². The normalized spacial score (nSPS) is 10.2. The first kappa shape index (κ1) is 12.8. The summed E-state index contributed by atoms with van der Waals surface area (Å²) in [6.45, 7) is 2.20. The van der Waals surface area contributed by atoms with Gasteiger partial charge in [-0.2, -0.15) is 0 Å². The molecule has 0 radical (unpaired) electrons. The van der Waals surface area contributed by atoms with Crippen LogP contribution in [0.3, 0.4) is 0 Å². The molecule has 1 heterocycles. The lowest BCUT2D eigenvalue weighted by atomic mass is 10.2. The van der Waals surface area contributed by atoms with Gasteiger partial charge in [0.15, 0.2) is 0 Å². The van der Waals surface area contributed by atoms with Gasteiger partial charge >= 0.3 is 0 Å². The molecule has 0 amide bonds. The Balaban J connectivity index is 2.17. The Morgan fingerprint density at radius 2 is 2.16 bits per heavy atom. The van der Waals surface area contributed by atoms with E-state index in [-0.39, 0.29) is 5.69 Å². The molecule has 3 N–H and O–H groups in total. The highest BCUT2D eigenvalue weighted by Crippen LogP contribution is 2.21. The molecule has 0 aliphatic heterocycles. The molecule has 0 fully saturated rings. The van der Waals surface area contributed by atoms with Crippen molar-refractivity contribution in [3.05, 3.63) is 57.8 Å². The zero-order valence-corrected chi connectivity index (χ0v) is 10.5. The molecule has 1 aromatic carbocycles. The van der Waals surface area contributed by atoms with Gasteiger partial charge in [-0.05, 0) is 18.6 Å². The Hall–Kier alpha value is -2.63. The van der Waals surface area contributed by atoms with Gasteiger partial charge in [-0.1, -0.05) is 18.2 Å². The van der Waals surface area contributed by atoms with Gasteiger partial charge in [0.1, 0.15) is 5.82 Å². The minimum Gasteiger partial charge on any atom is -0.396 e. The lowest BCUT2D eigenvalue weighted by Crippen LogP contribution is -2.06. The number of hydrogen-bond acceptors (Lipinski definition) is 5. The van der Waals surface area contributed by atoms with Crippen molar-refractivity contribution in [3.8, 4) is 0 Å². The molecule has 6 heteroatoms. The number of aromatic nitrogens is 1. The van der Waals surface area contributed by atoms with Crippen LogP contribution in [-0.2, 0) is 6.54 Å². The number of nitrogens with one attached hydrogen (secondary N) is 1. The summed E-state index contributed by atoms with van der Waals surface area (Å²) in [6, 6.07) is 8.38. The molecule has 0 aliphatic rings. The summed E-state index contributed by atoms with van der Waals surface area (Å²) in [7, 11) is 0. The van der Waals surface area contributed by atoms with E-state index in [1.54, 1.807) is 30.5 Å². The predicted molar refractivity (Wildman–Crippen MR) is 73.8 cm³/mol. The van der Waals surface area contributed by atoms with Crippen molar-refractivity contribution in [1.29, 1.82) is 0 Å². The molecule has 0 aliphatic carbocycles. The zero-order chi connectivity index (χ0) is 13.8. The average molecular weight is 258 g/mol. The van der Waals surface area contributed by atoms with Crippen LogP contribution in [0, 0.1) is 17.0 Å². The smallest absolute Gasteiger partial charge is 0.274 e. The highest BCUT2D eigenvalue weighted by atomic mass is 16.6. The van der Waals surface area contributed by atoms with Crippen LogP contribution >= 0.6 is 0 Å². The van der Waals surface area contributed by atoms with Crippen molar-refractivity contribution in [3.63, 3.8) is 0 Å². The molecule has 98 valence electrons. The SMILES string of the molecule is Cc1cnc(NCc2ccccc2[N+](=O)[O-])c(N)c1. The number of nitrogen functional groups attached to an aromatic ring is 1. The molecule has 0 saturated carbocycles. The summed E-state index contributed by atoms with van der Waals surface area (Å²) in [6.07, 6.45) is 1.69. The third-order valence-corrected chi connectivity index (χ3v) is 2.69. The molecular weight excluding hydrogens is 244 g/mol. The van der Waals surface area contributed by atoms with E-state index < -0.39 is 4.92 Å². The van der Waals surface area contributed by atoms with Crippen LogP contribution in [0.4, 0.5) is 17.2 Å². The van der Waals surface area contributed by atoms with Crippen molar-refractivity contribution in [2.24, 2.45) is 0 Å². The first-order valence-corrected chi connectivity index (χ1v) is 5.76. The molecule has 0 atom stereocenters. The largest absolute Gasteiger partial charge is 0.396 e. The maximum absolute atomic E-state index is 10.9. The molecule has 0 spiro atoms. The molecular formula is C13H14N4O2. The van der Waals surface area contributed by atoms with Crippen LogP contribution in [0.2, 0.25) is 0 Å². The van der Waals surface area contributed by atoms with E-state index in [2.05, 4.69) is 10.3 Å². The number of nitro benzene ring substituents is 1. The summed E-state index contributed by atoms with van der Waals surface area (Å²) in [4.78, 5) is 14.6. The van der Waals surface area contributed by atoms with E-state index >= 15 is 0 Å². The number of hydrogen-bond donors (Lipinski definition) is 2. The van der Waals surface area contributed by atoms with Gasteiger partial charge in [-0.15, -0.1) is 0 Å². The highest BCUT2D eigenvalue weighted by molar-refractivity contribution is 5.62. The van der Waals surface area contributed by atoms with E-state index in [9.17, 15) is 10.1 Å². The number of nitrogens with zero attached hydrogens (tertiary/aromatic N) is 2. The predicted octanol–water partition coefficient (Wildman–Crippen LogP) is 2.49. The monoisotopic (exact) mass is 258 g/mol. The van der Waals surface area contributed by atoms with E-state index in [1.165, 1.54) is 6.07 Å². The number of benzene rings is 1. The lowest BCUT2D eigenvalue weighted by molar-refractivity contribution is -0.385. The molecule has 2 rings (SSSR count). The van der Waals surface area contributed by atoms with Gasteiger partial charge in [-0.25, -0.2) is 4.98 Å². The number of aryl methyl sites for hydroxylation is 1. The van der Waals surface area contributed by atoms with Crippen LogP contribution in [0.1, 0.15) is 11.1 Å². The molecule has 19 heavy (non-hydrogen) atoms. The minimum atomic E-state index is -0.400. The fraction of sp³-hybridized carbons (Fsp3) is 0.154. The van der Waals surface area contributed by atoms with Crippen molar-refractivity contribution in [1.82, 2.24) is 4.98 Å². The minimum absolute atomic E-state index is 0.0840. The Morgan fingerprint density at radius 1 is 1.42 bits per heavy atom. The topological polar surface area (TPSA) is 94.1 Å². The van der Waals surface area contributed by atoms with Crippen molar-refractivity contribution in [2.45, 2.75) is 13.5 Å². The summed E-state index contributed by atoms with van der Waals surface area (Å²) in [5.74, 6) is 0.531. The third-order valence-electron chi connectivity index (χ3n) is 2.69. The van der Waals surface area contributed by atoms with E-state index in [4.69, 9.17) is 5.73 Å². The number of para-hydroxylation sites is 1. The fourth-order valence-corrected chi connectivity index (χ4v) is 1.76. The van der Waals surface area contributed by atoms with Gasteiger partial charge in [0.05, 0.1) is 10.6 Å². The highest BCUT2D eigenvalue weighted by Gasteiger charge is 2.12. The van der Waals surface area contributed by atoms with Crippen LogP contribution in [-0.4, -0.2) is 9.91 Å². The van der Waals surface area contributed by atoms with Crippen LogP contribution in [0.5, 0.6) is 0 Å². The summed E-state index contributed by atoms with van der Waals surface area (Å²) in [5, 5.41) is 13.9. The summed E-state index contributed by atoms with van der Waals surface area (Å²) < 4.78 is 0. The van der Waals surface area contributed by atoms with Crippen molar-refractivity contribution < 1.29 is 4.92 Å². The third kappa shape index (κ3) is 2.98. The average Bonchev–Trinajstić information content (AvgIpc) is 2.38. The molecule has 1 aromatic heterocycles. The molecule has 6 nitrogen and oxygen atoms in total. The fourth-order valence-electron chi connectivity index (χ4n) is 1.76. The van der Waals surface area contributed by atoms with Gasteiger partial charge in [-0.3, -0.25) is 10.1 Å². The Kier molecular flexibility index (Phi) is 3.61. The molecule has 0 saturated heterocycles. The molecule has 0 unspecified atom stereocenters. The maximum Gasteiger partial charge on any atom is 0.274 e. The van der Waals surface area contributed by atoms with Crippen LogP contribution in [0.25, 0.3) is 0 Å². The summed E-state index contributed by atoms with van der Waals surface area (Å²) >= 11 is 0. The second kappa shape index (κ2) is 5.34. The molecule has 2 aromatic rings. The second-order valence-electron chi connectivity index (χ2n) is 4.19. The maximum atomic E-state index is 10.9. The number of nitrogens with two attached hydrogens (primary N) is 1. The quantitative estimate of drug-likeness (QED) is 0.649. The Morgan fingerprint density at radius 3 is 2.84 bits per heavy atom. The van der Waals surface area contributed by atoms with E-state index in [0.29, 0.717) is 23.6 Å². The number of pyridine rings is 1. The number of anilines is 2.